The number of amides is 1. The first kappa shape index (κ1) is 14.1. The summed E-state index contributed by atoms with van der Waals surface area (Å²) in [5, 5.41) is 2.91. The van der Waals surface area contributed by atoms with Crippen LogP contribution in [-0.2, 0) is 0 Å². The largest absolute Gasteiger partial charge is 0.481 e. The molecule has 1 N–H and O–H groups in total. The maximum absolute atomic E-state index is 12.0. The van der Waals surface area contributed by atoms with Gasteiger partial charge in [-0.15, -0.1) is 0 Å². The lowest BCUT2D eigenvalue weighted by Crippen LogP contribution is -2.27. The van der Waals surface area contributed by atoms with Gasteiger partial charge in [-0.1, -0.05) is 37.3 Å². The lowest BCUT2D eigenvalue weighted by molar-refractivity contribution is 0.0951. The molecule has 0 aliphatic carbocycles. The van der Waals surface area contributed by atoms with Crippen LogP contribution in [0.25, 0.3) is 0 Å². The van der Waals surface area contributed by atoms with Gasteiger partial charge in [-0.2, -0.15) is 0 Å². The van der Waals surface area contributed by atoms with E-state index in [-0.39, 0.29) is 11.8 Å². The third-order valence-electron chi connectivity index (χ3n) is 3.15. The average molecular weight is 270 g/mol. The minimum atomic E-state index is -0.122. The Morgan fingerprint density at radius 1 is 1.25 bits per heavy atom. The van der Waals surface area contributed by atoms with E-state index in [1.807, 2.05) is 18.2 Å². The highest BCUT2D eigenvalue weighted by molar-refractivity contribution is 5.93. The first-order chi connectivity index (χ1) is 9.70. The Hall–Kier alpha value is -2.36. The Morgan fingerprint density at radius 3 is 2.60 bits per heavy atom. The number of benzene rings is 1. The van der Waals surface area contributed by atoms with Gasteiger partial charge in [-0.25, -0.2) is 4.98 Å². The van der Waals surface area contributed by atoms with Crippen LogP contribution in [0.4, 0.5) is 0 Å². The summed E-state index contributed by atoms with van der Waals surface area (Å²) in [7, 11) is 1.55. The average Bonchev–Trinajstić information content (AvgIpc) is 2.53. The molecule has 1 atom stereocenters. The summed E-state index contributed by atoms with van der Waals surface area (Å²) in [5.41, 5.74) is 1.74. The summed E-state index contributed by atoms with van der Waals surface area (Å²) in [6, 6.07) is 13.5. The number of aromatic nitrogens is 1. The molecule has 0 saturated carbocycles. The molecule has 4 heteroatoms. The molecule has 2 aromatic rings. The molecule has 1 amide bonds. The molecule has 1 aromatic heterocycles. The second kappa shape index (κ2) is 6.70. The third-order valence-corrected chi connectivity index (χ3v) is 3.15. The van der Waals surface area contributed by atoms with E-state index in [2.05, 4.69) is 29.4 Å². The van der Waals surface area contributed by atoms with Crippen molar-refractivity contribution in [3.8, 4) is 5.88 Å². The van der Waals surface area contributed by atoms with Crippen molar-refractivity contribution in [1.29, 1.82) is 0 Å². The van der Waals surface area contributed by atoms with E-state index in [0.29, 0.717) is 18.0 Å². The third kappa shape index (κ3) is 3.57. The van der Waals surface area contributed by atoms with Crippen LogP contribution in [0.3, 0.4) is 0 Å². The highest BCUT2D eigenvalue weighted by Gasteiger charge is 2.09. The number of pyridine rings is 1. The Balaban J connectivity index is 1.91. The maximum Gasteiger partial charge on any atom is 0.252 e. The summed E-state index contributed by atoms with van der Waals surface area (Å²) in [5.74, 6) is 0.647. The van der Waals surface area contributed by atoms with Crippen LogP contribution in [-0.4, -0.2) is 24.5 Å². The number of hydrogen-bond donors (Lipinski definition) is 1. The molecule has 0 fully saturated rings. The number of methoxy groups -OCH3 is 1. The van der Waals surface area contributed by atoms with E-state index in [1.165, 1.54) is 11.8 Å². The highest BCUT2D eigenvalue weighted by Crippen LogP contribution is 2.13. The summed E-state index contributed by atoms with van der Waals surface area (Å²) < 4.78 is 4.96. The van der Waals surface area contributed by atoms with Crippen LogP contribution in [0, 0.1) is 0 Å². The second-order valence-electron chi connectivity index (χ2n) is 4.61. The molecule has 0 aliphatic rings. The van der Waals surface area contributed by atoms with Crippen molar-refractivity contribution in [2.75, 3.05) is 13.7 Å². The van der Waals surface area contributed by atoms with Gasteiger partial charge in [0.05, 0.1) is 12.7 Å². The summed E-state index contributed by atoms with van der Waals surface area (Å²) in [6.07, 6.45) is 1.52. The minimum absolute atomic E-state index is 0.122. The van der Waals surface area contributed by atoms with E-state index in [1.54, 1.807) is 19.2 Å². The van der Waals surface area contributed by atoms with Gasteiger partial charge in [-0.05, 0) is 17.5 Å². The van der Waals surface area contributed by atoms with E-state index >= 15 is 0 Å². The first-order valence-electron chi connectivity index (χ1n) is 6.54. The molecule has 0 radical (unpaired) electrons. The van der Waals surface area contributed by atoms with Crippen LogP contribution in [0.2, 0.25) is 0 Å². The smallest absolute Gasteiger partial charge is 0.252 e. The van der Waals surface area contributed by atoms with Gasteiger partial charge in [0, 0.05) is 18.8 Å². The van der Waals surface area contributed by atoms with E-state index in [9.17, 15) is 4.79 Å². The lowest BCUT2D eigenvalue weighted by Gasteiger charge is -2.13. The second-order valence-corrected chi connectivity index (χ2v) is 4.61. The van der Waals surface area contributed by atoms with Gasteiger partial charge in [-0.3, -0.25) is 4.79 Å². The van der Waals surface area contributed by atoms with Crippen molar-refractivity contribution >= 4 is 5.91 Å². The van der Waals surface area contributed by atoms with Crippen molar-refractivity contribution in [3.63, 3.8) is 0 Å². The SMILES string of the molecule is COc1ccc(C(=O)NC[C@H](C)c2ccccc2)cn1. The van der Waals surface area contributed by atoms with Crippen molar-refractivity contribution in [2.45, 2.75) is 12.8 Å². The van der Waals surface area contributed by atoms with Crippen molar-refractivity contribution in [1.82, 2.24) is 10.3 Å². The van der Waals surface area contributed by atoms with Crippen LogP contribution >= 0.6 is 0 Å². The van der Waals surface area contributed by atoms with E-state index in [4.69, 9.17) is 4.74 Å². The monoisotopic (exact) mass is 270 g/mol. The van der Waals surface area contributed by atoms with Crippen LogP contribution in [0.5, 0.6) is 5.88 Å². The van der Waals surface area contributed by atoms with Crippen LogP contribution in [0.15, 0.2) is 48.7 Å². The zero-order chi connectivity index (χ0) is 14.4. The van der Waals surface area contributed by atoms with Crippen molar-refractivity contribution in [3.05, 3.63) is 59.8 Å². The number of carbonyl (C=O) groups excluding carboxylic acids is 1. The zero-order valence-electron chi connectivity index (χ0n) is 11.7. The fourth-order valence-corrected chi connectivity index (χ4v) is 1.88. The van der Waals surface area contributed by atoms with Gasteiger partial charge >= 0.3 is 0 Å². The molecule has 4 nitrogen and oxygen atoms in total. The van der Waals surface area contributed by atoms with E-state index < -0.39 is 0 Å². The summed E-state index contributed by atoms with van der Waals surface area (Å²) in [6.45, 7) is 2.68. The highest BCUT2D eigenvalue weighted by atomic mass is 16.5. The molecule has 104 valence electrons. The van der Waals surface area contributed by atoms with Crippen LogP contribution < -0.4 is 10.1 Å². The van der Waals surface area contributed by atoms with Gasteiger partial charge < -0.3 is 10.1 Å². The molecule has 1 aromatic carbocycles. The fourth-order valence-electron chi connectivity index (χ4n) is 1.88. The summed E-state index contributed by atoms with van der Waals surface area (Å²) in [4.78, 5) is 16.0. The number of nitrogens with zero attached hydrogens (tertiary/aromatic N) is 1. The van der Waals surface area contributed by atoms with Gasteiger partial charge in [0.2, 0.25) is 5.88 Å². The molecule has 0 bridgehead atoms. The Bertz CT molecular complexity index is 552. The predicted molar refractivity (Wildman–Crippen MR) is 78.0 cm³/mol. The number of ether oxygens (including phenoxy) is 1. The molecular formula is C16H18N2O2. The topological polar surface area (TPSA) is 51.2 Å². The fraction of sp³-hybridized carbons (Fsp3) is 0.250. The quantitative estimate of drug-likeness (QED) is 0.908. The lowest BCUT2D eigenvalue weighted by atomic mass is 10.0. The normalized spacial score (nSPS) is 11.7. The predicted octanol–water partition coefficient (Wildman–Crippen LogP) is 2.62. The van der Waals surface area contributed by atoms with Gasteiger partial charge in [0.25, 0.3) is 5.91 Å². The summed E-state index contributed by atoms with van der Waals surface area (Å²) >= 11 is 0. The first-order valence-corrected chi connectivity index (χ1v) is 6.54. The van der Waals surface area contributed by atoms with E-state index in [0.717, 1.165) is 0 Å². The van der Waals surface area contributed by atoms with Crippen LogP contribution in [0.1, 0.15) is 28.8 Å². The number of rotatable bonds is 5. The van der Waals surface area contributed by atoms with Crippen molar-refractivity contribution in [2.24, 2.45) is 0 Å². The maximum atomic E-state index is 12.0. The molecular weight excluding hydrogens is 252 g/mol. The van der Waals surface area contributed by atoms with Crippen molar-refractivity contribution < 1.29 is 9.53 Å². The molecule has 20 heavy (non-hydrogen) atoms. The molecule has 0 saturated heterocycles. The number of carbonyl (C=O) groups is 1. The molecule has 0 aliphatic heterocycles. The van der Waals surface area contributed by atoms with Gasteiger partial charge in [0.15, 0.2) is 0 Å². The Kier molecular flexibility index (Phi) is 4.71. The van der Waals surface area contributed by atoms with Gasteiger partial charge in [0.1, 0.15) is 0 Å². The zero-order valence-corrected chi connectivity index (χ0v) is 11.7. The Labute approximate surface area is 118 Å². The molecule has 0 unspecified atom stereocenters. The number of hydrogen-bond acceptors (Lipinski definition) is 3. The molecule has 1 heterocycles. The molecule has 0 spiro atoms. The standard InChI is InChI=1S/C16H18N2O2/c1-12(13-6-4-3-5-7-13)10-18-16(19)14-8-9-15(20-2)17-11-14/h3-9,11-12H,10H2,1-2H3,(H,18,19)/t12-/m0/s1. The Morgan fingerprint density at radius 2 is 2.00 bits per heavy atom. The molecule has 2 rings (SSSR count). The minimum Gasteiger partial charge on any atom is -0.481 e. The number of nitrogens with one attached hydrogen (secondary N) is 1.